The lowest BCUT2D eigenvalue weighted by molar-refractivity contribution is 0.461. The second-order valence-corrected chi connectivity index (χ2v) is 5.64. The molecule has 1 aromatic carbocycles. The Balaban J connectivity index is 1.75. The molecule has 0 spiro atoms. The highest BCUT2D eigenvalue weighted by molar-refractivity contribution is 9.10. The lowest BCUT2D eigenvalue weighted by Crippen LogP contribution is -2.15. The number of phenols is 1. The zero-order valence-corrected chi connectivity index (χ0v) is 12.2. The first-order chi connectivity index (χ1) is 8.77. The Bertz CT molecular complexity index is 429. The van der Waals surface area contributed by atoms with Crippen molar-refractivity contribution in [2.75, 3.05) is 6.54 Å². The highest BCUT2D eigenvalue weighted by Gasteiger charge is 2.05. The van der Waals surface area contributed by atoms with Crippen LogP contribution in [-0.4, -0.2) is 11.7 Å². The molecule has 0 amide bonds. The smallest absolute Gasteiger partial charge is 0.134 e. The Hall–Kier alpha value is -0.800. The molecule has 0 saturated heterocycles. The summed E-state index contributed by atoms with van der Waals surface area (Å²) in [6.07, 6.45) is 8.74. The Morgan fingerprint density at radius 1 is 1.28 bits per heavy atom. The summed E-state index contributed by atoms with van der Waals surface area (Å²) in [7, 11) is 0. The maximum absolute atomic E-state index is 9.85. The second kappa shape index (κ2) is 6.95. The third-order valence-electron chi connectivity index (χ3n) is 3.39. The van der Waals surface area contributed by atoms with E-state index in [2.05, 4.69) is 27.3 Å². The highest BCUT2D eigenvalue weighted by atomic mass is 79.9. The van der Waals surface area contributed by atoms with Crippen LogP contribution in [0.25, 0.3) is 0 Å². The topological polar surface area (TPSA) is 32.3 Å². The molecule has 0 aromatic heterocycles. The van der Waals surface area contributed by atoms with E-state index in [4.69, 9.17) is 0 Å². The van der Waals surface area contributed by atoms with E-state index < -0.39 is 0 Å². The zero-order chi connectivity index (χ0) is 12.8. The highest BCUT2D eigenvalue weighted by Crippen LogP contribution is 2.27. The molecule has 0 saturated carbocycles. The molecule has 2 rings (SSSR count). The third-order valence-corrected chi connectivity index (χ3v) is 4.03. The molecule has 1 aliphatic carbocycles. The number of aromatic hydroxyl groups is 1. The fraction of sp³-hybridized carbons (Fsp3) is 0.467. The quantitative estimate of drug-likeness (QED) is 0.633. The molecule has 2 N–H and O–H groups in total. The van der Waals surface area contributed by atoms with Crippen LogP contribution in [-0.2, 0) is 6.54 Å². The summed E-state index contributed by atoms with van der Waals surface area (Å²) in [5.74, 6) is 0.349. The van der Waals surface area contributed by atoms with E-state index in [0.717, 1.165) is 29.5 Å². The maximum Gasteiger partial charge on any atom is 0.134 e. The van der Waals surface area contributed by atoms with Crippen LogP contribution in [0.3, 0.4) is 0 Å². The summed E-state index contributed by atoms with van der Waals surface area (Å²) in [6, 6.07) is 5.75. The van der Waals surface area contributed by atoms with Gasteiger partial charge in [0, 0.05) is 12.1 Å². The number of rotatable bonds is 5. The van der Waals surface area contributed by atoms with E-state index in [9.17, 15) is 5.11 Å². The van der Waals surface area contributed by atoms with Gasteiger partial charge in [-0.25, -0.2) is 0 Å². The predicted octanol–water partition coefficient (Wildman–Crippen LogP) is 4.13. The number of halogens is 1. The van der Waals surface area contributed by atoms with Crippen molar-refractivity contribution in [3.8, 4) is 5.75 Å². The van der Waals surface area contributed by atoms with Crippen molar-refractivity contribution in [3.63, 3.8) is 0 Å². The molecule has 0 heterocycles. The lowest BCUT2D eigenvalue weighted by atomic mass is 9.97. The first-order valence-electron chi connectivity index (χ1n) is 6.62. The third kappa shape index (κ3) is 3.85. The normalized spacial score (nSPS) is 15.5. The van der Waals surface area contributed by atoms with Crippen molar-refractivity contribution in [2.45, 2.75) is 38.6 Å². The van der Waals surface area contributed by atoms with Crippen LogP contribution in [0.4, 0.5) is 0 Å². The standard InChI is InChI=1S/C15H20BrNO/c16-14-8-4-7-13(15(14)18)11-17-10-9-12-5-2-1-3-6-12/h4-5,7-8,17-18H,1-3,6,9-11H2. The number of para-hydroxylation sites is 1. The molecule has 0 unspecified atom stereocenters. The zero-order valence-electron chi connectivity index (χ0n) is 10.6. The van der Waals surface area contributed by atoms with Crippen LogP contribution < -0.4 is 5.32 Å². The van der Waals surface area contributed by atoms with Crippen molar-refractivity contribution >= 4 is 15.9 Å². The van der Waals surface area contributed by atoms with Crippen LogP contribution >= 0.6 is 15.9 Å². The fourth-order valence-electron chi connectivity index (χ4n) is 2.31. The number of nitrogens with one attached hydrogen (secondary N) is 1. The van der Waals surface area contributed by atoms with Gasteiger partial charge in [-0.2, -0.15) is 0 Å². The summed E-state index contributed by atoms with van der Waals surface area (Å²) in [5.41, 5.74) is 2.54. The molecule has 3 heteroatoms. The largest absolute Gasteiger partial charge is 0.506 e. The fourth-order valence-corrected chi connectivity index (χ4v) is 2.71. The summed E-state index contributed by atoms with van der Waals surface area (Å²) in [5, 5.41) is 13.2. The van der Waals surface area contributed by atoms with Gasteiger partial charge in [0.2, 0.25) is 0 Å². The Morgan fingerprint density at radius 2 is 2.17 bits per heavy atom. The Morgan fingerprint density at radius 3 is 2.94 bits per heavy atom. The van der Waals surface area contributed by atoms with Gasteiger partial charge < -0.3 is 10.4 Å². The molecule has 18 heavy (non-hydrogen) atoms. The molecule has 0 radical (unpaired) electrons. The van der Waals surface area contributed by atoms with E-state index in [0.29, 0.717) is 5.75 Å². The van der Waals surface area contributed by atoms with E-state index >= 15 is 0 Å². The SMILES string of the molecule is Oc1c(Br)cccc1CNCCC1=CCCCC1. The van der Waals surface area contributed by atoms with Gasteiger partial charge in [0.15, 0.2) is 0 Å². The first kappa shape index (κ1) is 13.6. The van der Waals surface area contributed by atoms with Gasteiger partial charge in [-0.15, -0.1) is 0 Å². The Kier molecular flexibility index (Phi) is 5.26. The number of benzene rings is 1. The monoisotopic (exact) mass is 309 g/mol. The molecule has 0 atom stereocenters. The van der Waals surface area contributed by atoms with E-state index in [-0.39, 0.29) is 0 Å². The van der Waals surface area contributed by atoms with Gasteiger partial charge in [-0.3, -0.25) is 0 Å². The van der Waals surface area contributed by atoms with E-state index in [1.54, 1.807) is 5.57 Å². The van der Waals surface area contributed by atoms with Gasteiger partial charge in [-0.1, -0.05) is 23.8 Å². The summed E-state index contributed by atoms with van der Waals surface area (Å²) < 4.78 is 0.761. The van der Waals surface area contributed by atoms with Crippen molar-refractivity contribution < 1.29 is 5.11 Å². The molecule has 0 fully saturated rings. The van der Waals surface area contributed by atoms with Crippen molar-refractivity contribution in [2.24, 2.45) is 0 Å². The van der Waals surface area contributed by atoms with Crippen LogP contribution in [0.15, 0.2) is 34.3 Å². The molecular weight excluding hydrogens is 290 g/mol. The van der Waals surface area contributed by atoms with Crippen molar-refractivity contribution in [3.05, 3.63) is 39.9 Å². The first-order valence-corrected chi connectivity index (χ1v) is 7.41. The van der Waals surface area contributed by atoms with Gasteiger partial charge in [0.1, 0.15) is 5.75 Å². The maximum atomic E-state index is 9.85. The number of allylic oxidation sites excluding steroid dienone is 1. The van der Waals surface area contributed by atoms with Gasteiger partial charge in [0.25, 0.3) is 0 Å². The molecule has 1 aromatic rings. The lowest BCUT2D eigenvalue weighted by Gasteiger charge is -2.13. The van der Waals surface area contributed by atoms with Gasteiger partial charge in [0.05, 0.1) is 4.47 Å². The van der Waals surface area contributed by atoms with Crippen molar-refractivity contribution in [1.29, 1.82) is 0 Å². The predicted molar refractivity (Wildman–Crippen MR) is 78.7 cm³/mol. The van der Waals surface area contributed by atoms with Crippen LogP contribution in [0.1, 0.15) is 37.7 Å². The van der Waals surface area contributed by atoms with E-state index in [1.807, 2.05) is 18.2 Å². The van der Waals surface area contributed by atoms with Crippen LogP contribution in [0.5, 0.6) is 5.75 Å². The molecular formula is C15H20BrNO. The minimum absolute atomic E-state index is 0.349. The number of phenolic OH excluding ortho intramolecular Hbond substituents is 1. The average Bonchev–Trinajstić information content (AvgIpc) is 2.40. The van der Waals surface area contributed by atoms with Gasteiger partial charge >= 0.3 is 0 Å². The number of hydrogen-bond acceptors (Lipinski definition) is 2. The van der Waals surface area contributed by atoms with E-state index in [1.165, 1.54) is 25.7 Å². The number of hydrogen-bond donors (Lipinski definition) is 2. The average molecular weight is 310 g/mol. The summed E-state index contributed by atoms with van der Waals surface area (Å²) in [6.45, 7) is 1.70. The minimum Gasteiger partial charge on any atom is -0.506 e. The minimum atomic E-state index is 0.349. The van der Waals surface area contributed by atoms with Crippen LogP contribution in [0.2, 0.25) is 0 Å². The Labute approximate surface area is 117 Å². The van der Waals surface area contributed by atoms with Crippen molar-refractivity contribution in [1.82, 2.24) is 5.32 Å². The molecule has 0 aliphatic heterocycles. The summed E-state index contributed by atoms with van der Waals surface area (Å²) >= 11 is 3.33. The van der Waals surface area contributed by atoms with Gasteiger partial charge in [-0.05, 0) is 60.6 Å². The summed E-state index contributed by atoms with van der Waals surface area (Å²) in [4.78, 5) is 0. The van der Waals surface area contributed by atoms with Crippen LogP contribution in [0, 0.1) is 0 Å². The molecule has 98 valence electrons. The second-order valence-electron chi connectivity index (χ2n) is 4.78. The molecule has 1 aliphatic rings. The molecule has 0 bridgehead atoms. The molecule has 2 nitrogen and oxygen atoms in total.